The summed E-state index contributed by atoms with van der Waals surface area (Å²) in [6.07, 6.45) is 6.22. The topological polar surface area (TPSA) is 74.2 Å². The van der Waals surface area contributed by atoms with Gasteiger partial charge in [-0.25, -0.2) is 15.0 Å². The fourth-order valence-electron chi connectivity index (χ4n) is 2.66. The number of piperazine rings is 1. The quantitative estimate of drug-likeness (QED) is 0.894. The van der Waals surface area contributed by atoms with Crippen molar-refractivity contribution in [2.75, 3.05) is 42.5 Å². The molecule has 0 unspecified atom stereocenters. The highest BCUT2D eigenvalue weighted by molar-refractivity contribution is 5.92. The number of rotatable bonds is 5. The maximum Gasteiger partial charge on any atom is 0.269 e. The van der Waals surface area contributed by atoms with Crippen molar-refractivity contribution >= 4 is 17.5 Å². The van der Waals surface area contributed by atoms with E-state index in [1.165, 1.54) is 0 Å². The lowest BCUT2D eigenvalue weighted by Crippen LogP contribution is -2.47. The van der Waals surface area contributed by atoms with Crippen LogP contribution in [0.15, 0.2) is 36.8 Å². The van der Waals surface area contributed by atoms with Crippen molar-refractivity contribution in [2.24, 2.45) is 0 Å². The summed E-state index contributed by atoms with van der Waals surface area (Å²) in [5.74, 6) is 0.660. The average Bonchev–Trinajstić information content (AvgIpc) is 2.67. The summed E-state index contributed by atoms with van der Waals surface area (Å²) in [5.41, 5.74) is 1.50. The molecule has 24 heavy (non-hydrogen) atoms. The van der Waals surface area contributed by atoms with Crippen LogP contribution < -0.4 is 15.1 Å². The van der Waals surface area contributed by atoms with E-state index in [0.717, 1.165) is 44.2 Å². The van der Waals surface area contributed by atoms with Gasteiger partial charge in [-0.2, -0.15) is 0 Å². The second-order valence-electron chi connectivity index (χ2n) is 5.68. The number of aromatic nitrogens is 3. The Balaban J connectivity index is 1.57. The molecule has 0 atom stereocenters. The summed E-state index contributed by atoms with van der Waals surface area (Å²) in [6, 6.07) is 5.57. The van der Waals surface area contributed by atoms with Gasteiger partial charge in [-0.1, -0.05) is 6.92 Å². The van der Waals surface area contributed by atoms with Crippen molar-refractivity contribution in [2.45, 2.75) is 13.3 Å². The van der Waals surface area contributed by atoms with Crippen molar-refractivity contribution in [3.63, 3.8) is 0 Å². The smallest absolute Gasteiger partial charge is 0.269 e. The van der Waals surface area contributed by atoms with Crippen molar-refractivity contribution in [3.8, 4) is 0 Å². The number of pyridine rings is 1. The molecule has 0 saturated carbocycles. The van der Waals surface area contributed by atoms with E-state index in [2.05, 4.69) is 30.1 Å². The monoisotopic (exact) mass is 326 g/mol. The Bertz CT molecular complexity index is 653. The van der Waals surface area contributed by atoms with Crippen molar-refractivity contribution in [1.82, 2.24) is 20.3 Å². The molecule has 7 heteroatoms. The zero-order valence-corrected chi connectivity index (χ0v) is 13.9. The maximum absolute atomic E-state index is 11.9. The predicted molar refractivity (Wildman–Crippen MR) is 93.3 cm³/mol. The third-order valence-corrected chi connectivity index (χ3v) is 4.00. The summed E-state index contributed by atoms with van der Waals surface area (Å²) >= 11 is 0. The molecule has 1 N–H and O–H groups in total. The molecular weight excluding hydrogens is 304 g/mol. The number of hydrogen-bond donors (Lipinski definition) is 1. The molecule has 0 aliphatic carbocycles. The van der Waals surface area contributed by atoms with Crippen LogP contribution in [0.4, 0.5) is 11.6 Å². The lowest BCUT2D eigenvalue weighted by molar-refractivity contribution is 0.0948. The van der Waals surface area contributed by atoms with Gasteiger partial charge in [0.2, 0.25) is 5.95 Å². The minimum atomic E-state index is -0.116. The standard InChI is InChI=1S/C17H22N6O/c1-2-6-18-16(24)15-5-4-14(13-21-15)22-9-11-23(12-10-22)17-19-7-3-8-20-17/h3-5,7-8,13H,2,6,9-12H2,1H3,(H,18,24). The lowest BCUT2D eigenvalue weighted by Gasteiger charge is -2.35. The van der Waals surface area contributed by atoms with Gasteiger partial charge in [0.25, 0.3) is 5.91 Å². The molecule has 0 radical (unpaired) electrons. The minimum Gasteiger partial charge on any atom is -0.367 e. The first kappa shape index (κ1) is 16.2. The molecule has 1 saturated heterocycles. The molecule has 2 aromatic rings. The van der Waals surface area contributed by atoms with Crippen molar-refractivity contribution < 1.29 is 4.79 Å². The van der Waals surface area contributed by atoms with E-state index >= 15 is 0 Å². The zero-order valence-electron chi connectivity index (χ0n) is 13.9. The third kappa shape index (κ3) is 3.79. The Morgan fingerprint density at radius 1 is 1.08 bits per heavy atom. The summed E-state index contributed by atoms with van der Waals surface area (Å²) in [6.45, 7) is 6.18. The van der Waals surface area contributed by atoms with Crippen LogP contribution in [0.3, 0.4) is 0 Å². The molecule has 126 valence electrons. The minimum absolute atomic E-state index is 0.116. The van der Waals surface area contributed by atoms with Crippen LogP contribution in [0.5, 0.6) is 0 Å². The second-order valence-corrected chi connectivity index (χ2v) is 5.68. The SMILES string of the molecule is CCCNC(=O)c1ccc(N2CCN(c3ncccn3)CC2)cn1. The van der Waals surface area contributed by atoms with E-state index in [4.69, 9.17) is 0 Å². The van der Waals surface area contributed by atoms with Crippen LogP contribution in [-0.2, 0) is 0 Å². The highest BCUT2D eigenvalue weighted by atomic mass is 16.1. The molecule has 1 aliphatic rings. The Morgan fingerprint density at radius 2 is 1.79 bits per heavy atom. The van der Waals surface area contributed by atoms with Gasteiger partial charge in [0.1, 0.15) is 5.69 Å². The Hall–Kier alpha value is -2.70. The molecular formula is C17H22N6O. The van der Waals surface area contributed by atoms with Gasteiger partial charge in [0.05, 0.1) is 11.9 Å². The molecule has 0 spiro atoms. The molecule has 1 amide bonds. The number of hydrogen-bond acceptors (Lipinski definition) is 6. The van der Waals surface area contributed by atoms with E-state index in [1.54, 1.807) is 24.7 Å². The number of anilines is 2. The Labute approximate surface area is 141 Å². The number of nitrogens with zero attached hydrogens (tertiary/aromatic N) is 5. The molecule has 3 heterocycles. The van der Waals surface area contributed by atoms with Crippen LogP contribution in [-0.4, -0.2) is 53.6 Å². The van der Waals surface area contributed by atoms with Gasteiger partial charge in [0, 0.05) is 45.1 Å². The molecule has 0 bridgehead atoms. The lowest BCUT2D eigenvalue weighted by atomic mass is 10.2. The number of carbonyl (C=O) groups is 1. The molecule has 1 aliphatic heterocycles. The average molecular weight is 326 g/mol. The molecule has 2 aromatic heterocycles. The second kappa shape index (κ2) is 7.72. The molecule has 1 fully saturated rings. The predicted octanol–water partition coefficient (Wildman–Crippen LogP) is 1.34. The molecule has 3 rings (SSSR count). The van der Waals surface area contributed by atoms with E-state index in [1.807, 2.05) is 19.1 Å². The fraction of sp³-hybridized carbons (Fsp3) is 0.412. The highest BCUT2D eigenvalue weighted by Crippen LogP contribution is 2.17. The van der Waals surface area contributed by atoms with Crippen LogP contribution >= 0.6 is 0 Å². The van der Waals surface area contributed by atoms with E-state index < -0.39 is 0 Å². The number of carbonyl (C=O) groups excluding carboxylic acids is 1. The summed E-state index contributed by atoms with van der Waals surface area (Å²) in [7, 11) is 0. The van der Waals surface area contributed by atoms with E-state index in [-0.39, 0.29) is 5.91 Å². The van der Waals surface area contributed by atoms with Crippen LogP contribution in [0, 0.1) is 0 Å². The van der Waals surface area contributed by atoms with Gasteiger partial charge in [-0.3, -0.25) is 4.79 Å². The fourth-order valence-corrected chi connectivity index (χ4v) is 2.66. The highest BCUT2D eigenvalue weighted by Gasteiger charge is 2.19. The Kier molecular flexibility index (Phi) is 5.20. The molecule has 0 aromatic carbocycles. The first-order valence-electron chi connectivity index (χ1n) is 8.29. The summed E-state index contributed by atoms with van der Waals surface area (Å²) < 4.78 is 0. The van der Waals surface area contributed by atoms with Crippen molar-refractivity contribution in [1.29, 1.82) is 0 Å². The van der Waals surface area contributed by atoms with Crippen LogP contribution in [0.2, 0.25) is 0 Å². The zero-order chi connectivity index (χ0) is 16.8. The first-order valence-corrected chi connectivity index (χ1v) is 8.29. The van der Waals surface area contributed by atoms with E-state index in [0.29, 0.717) is 12.2 Å². The number of amides is 1. The maximum atomic E-state index is 11.9. The van der Waals surface area contributed by atoms with Gasteiger partial charge in [0.15, 0.2) is 0 Å². The van der Waals surface area contributed by atoms with Gasteiger partial charge < -0.3 is 15.1 Å². The van der Waals surface area contributed by atoms with Crippen LogP contribution in [0.1, 0.15) is 23.8 Å². The van der Waals surface area contributed by atoms with E-state index in [9.17, 15) is 4.79 Å². The largest absolute Gasteiger partial charge is 0.367 e. The number of nitrogens with one attached hydrogen (secondary N) is 1. The van der Waals surface area contributed by atoms with Gasteiger partial charge in [-0.05, 0) is 24.6 Å². The van der Waals surface area contributed by atoms with Crippen LogP contribution in [0.25, 0.3) is 0 Å². The van der Waals surface area contributed by atoms with Gasteiger partial charge in [-0.15, -0.1) is 0 Å². The first-order chi connectivity index (χ1) is 11.8. The summed E-state index contributed by atoms with van der Waals surface area (Å²) in [5, 5.41) is 2.84. The van der Waals surface area contributed by atoms with Gasteiger partial charge >= 0.3 is 0 Å². The van der Waals surface area contributed by atoms with Crippen molar-refractivity contribution in [3.05, 3.63) is 42.5 Å². The third-order valence-electron chi connectivity index (χ3n) is 4.00. The molecule has 7 nitrogen and oxygen atoms in total. The Morgan fingerprint density at radius 3 is 2.42 bits per heavy atom. The normalized spacial score (nSPS) is 14.5. The summed E-state index contributed by atoms with van der Waals surface area (Å²) in [4.78, 5) is 29.2.